The van der Waals surface area contributed by atoms with E-state index in [0.717, 1.165) is 0 Å². The minimum atomic E-state index is -4.82. The Labute approximate surface area is 176 Å². The predicted molar refractivity (Wildman–Crippen MR) is 99.3 cm³/mol. The van der Waals surface area contributed by atoms with E-state index in [1.165, 1.54) is 18.2 Å². The van der Waals surface area contributed by atoms with Gasteiger partial charge in [0, 0.05) is 51.4 Å². The van der Waals surface area contributed by atoms with Crippen LogP contribution in [0.15, 0.2) is 24.3 Å². The first kappa shape index (κ1) is 25.2. The second-order valence-corrected chi connectivity index (χ2v) is 7.07. The van der Waals surface area contributed by atoms with Gasteiger partial charge in [-0.3, -0.25) is 9.69 Å². The van der Waals surface area contributed by atoms with Crippen molar-refractivity contribution in [2.75, 3.05) is 52.5 Å². The number of ether oxygens (including phenoxy) is 2. The number of hydrogen-bond acceptors (Lipinski definition) is 5. The largest absolute Gasteiger partial charge is 0.573 e. The van der Waals surface area contributed by atoms with Gasteiger partial charge in [-0.2, -0.15) is 13.2 Å². The summed E-state index contributed by atoms with van der Waals surface area (Å²) in [5.74, 6) is -0.682. The molecule has 0 atom stereocenters. The van der Waals surface area contributed by atoms with Crippen LogP contribution in [0, 0.1) is 0 Å². The number of benzene rings is 1. The summed E-state index contributed by atoms with van der Waals surface area (Å²) in [5, 5.41) is 2.59. The van der Waals surface area contributed by atoms with Gasteiger partial charge in [0.1, 0.15) is 12.4 Å². The van der Waals surface area contributed by atoms with Crippen LogP contribution in [0.3, 0.4) is 0 Å². The van der Waals surface area contributed by atoms with Crippen molar-refractivity contribution in [1.29, 1.82) is 0 Å². The summed E-state index contributed by atoms with van der Waals surface area (Å²) in [6, 6.07) is 5.59. The average Bonchev–Trinajstić information content (AvgIpc) is 2.66. The van der Waals surface area contributed by atoms with Crippen LogP contribution in [0.1, 0.15) is 12.0 Å². The number of nitrogens with one attached hydrogen (secondary N) is 1. The van der Waals surface area contributed by atoms with Gasteiger partial charge < -0.3 is 19.7 Å². The van der Waals surface area contributed by atoms with E-state index in [4.69, 9.17) is 0 Å². The van der Waals surface area contributed by atoms with Crippen LogP contribution in [-0.2, 0) is 16.1 Å². The maximum atomic E-state index is 12.5. The zero-order valence-electron chi connectivity index (χ0n) is 16.8. The first-order chi connectivity index (χ1) is 14.5. The summed E-state index contributed by atoms with van der Waals surface area (Å²) in [6.45, 7) is 1.92. The number of piperazine rings is 1. The molecule has 1 fully saturated rings. The Bertz CT molecular complexity index is 691. The minimum Gasteiger partial charge on any atom is -0.405 e. The van der Waals surface area contributed by atoms with Crippen LogP contribution in [0.4, 0.5) is 26.3 Å². The maximum absolute atomic E-state index is 12.5. The van der Waals surface area contributed by atoms with Crippen molar-refractivity contribution >= 4 is 5.91 Å². The number of halogens is 6. The molecule has 0 bridgehead atoms. The molecular formula is C19H25F6N3O3. The number of carbonyl (C=O) groups excluding carboxylic acids is 1. The van der Waals surface area contributed by atoms with Gasteiger partial charge in [-0.1, -0.05) is 18.2 Å². The van der Waals surface area contributed by atoms with E-state index in [0.29, 0.717) is 39.1 Å². The predicted octanol–water partition coefficient (Wildman–Crippen LogP) is 2.79. The molecule has 176 valence electrons. The molecule has 1 aromatic carbocycles. The molecule has 0 unspecified atom stereocenters. The molecule has 31 heavy (non-hydrogen) atoms. The van der Waals surface area contributed by atoms with Crippen molar-refractivity contribution in [3.63, 3.8) is 0 Å². The molecule has 1 aliphatic heterocycles. The van der Waals surface area contributed by atoms with Crippen molar-refractivity contribution in [2.45, 2.75) is 25.5 Å². The number of carbonyl (C=O) groups is 1. The summed E-state index contributed by atoms with van der Waals surface area (Å²) in [5.41, 5.74) is 0.214. The van der Waals surface area contributed by atoms with Gasteiger partial charge in [0.15, 0.2) is 0 Å². The molecule has 0 aliphatic carbocycles. The van der Waals surface area contributed by atoms with Gasteiger partial charge in [-0.15, -0.1) is 13.2 Å². The molecule has 0 saturated carbocycles. The Morgan fingerprint density at radius 2 is 1.65 bits per heavy atom. The van der Waals surface area contributed by atoms with Crippen LogP contribution in [-0.4, -0.2) is 80.7 Å². The van der Waals surface area contributed by atoms with Crippen LogP contribution < -0.4 is 10.1 Å². The molecule has 1 aliphatic rings. The molecule has 1 amide bonds. The Morgan fingerprint density at radius 1 is 1.00 bits per heavy atom. The number of amides is 1. The van der Waals surface area contributed by atoms with Crippen molar-refractivity contribution in [2.24, 2.45) is 0 Å². The fourth-order valence-corrected chi connectivity index (χ4v) is 3.08. The standard InChI is InChI=1S/C19H25F6N3O3/c20-18(21,22)14-30-11-3-6-27-7-9-28(10-8-27)13-17(29)26-12-15-4-1-2-5-16(15)31-19(23,24)25/h1-2,4-5H,3,6-14H2,(H,26,29). The summed E-state index contributed by atoms with van der Waals surface area (Å²) >= 11 is 0. The van der Waals surface area contributed by atoms with Gasteiger partial charge in [0.2, 0.25) is 5.91 Å². The third kappa shape index (κ3) is 10.7. The lowest BCUT2D eigenvalue weighted by molar-refractivity contribution is -0.274. The third-order valence-corrected chi connectivity index (χ3v) is 4.54. The highest BCUT2D eigenvalue weighted by Crippen LogP contribution is 2.26. The monoisotopic (exact) mass is 457 g/mol. The van der Waals surface area contributed by atoms with Gasteiger partial charge in [-0.05, 0) is 12.5 Å². The molecule has 12 heteroatoms. The van der Waals surface area contributed by atoms with Crippen molar-refractivity contribution in [3.05, 3.63) is 29.8 Å². The second-order valence-electron chi connectivity index (χ2n) is 7.07. The molecule has 1 heterocycles. The highest BCUT2D eigenvalue weighted by atomic mass is 19.4. The smallest absolute Gasteiger partial charge is 0.405 e. The highest BCUT2D eigenvalue weighted by Gasteiger charge is 2.32. The minimum absolute atomic E-state index is 0.0294. The summed E-state index contributed by atoms with van der Waals surface area (Å²) in [6.07, 6.45) is -8.65. The zero-order valence-corrected chi connectivity index (χ0v) is 16.8. The van der Waals surface area contributed by atoms with Crippen LogP contribution in [0.25, 0.3) is 0 Å². The van der Waals surface area contributed by atoms with E-state index in [-0.39, 0.29) is 36.9 Å². The normalized spacial score (nSPS) is 16.3. The van der Waals surface area contributed by atoms with E-state index < -0.39 is 19.1 Å². The van der Waals surface area contributed by atoms with Crippen LogP contribution in [0.2, 0.25) is 0 Å². The number of para-hydroxylation sites is 1. The summed E-state index contributed by atoms with van der Waals surface area (Å²) in [4.78, 5) is 16.1. The quantitative estimate of drug-likeness (QED) is 0.433. The van der Waals surface area contributed by atoms with E-state index in [1.54, 1.807) is 6.07 Å². The Kier molecular flexibility index (Phi) is 9.38. The van der Waals surface area contributed by atoms with E-state index in [9.17, 15) is 31.1 Å². The fourth-order valence-electron chi connectivity index (χ4n) is 3.08. The van der Waals surface area contributed by atoms with E-state index in [1.807, 2.05) is 4.90 Å². The molecule has 0 radical (unpaired) electrons. The summed E-state index contributed by atoms with van der Waals surface area (Å²) in [7, 11) is 0. The Morgan fingerprint density at radius 3 is 2.29 bits per heavy atom. The van der Waals surface area contributed by atoms with Gasteiger partial charge >= 0.3 is 12.5 Å². The van der Waals surface area contributed by atoms with Crippen molar-refractivity contribution in [3.8, 4) is 5.75 Å². The lowest BCUT2D eigenvalue weighted by Crippen LogP contribution is -2.49. The molecule has 1 saturated heterocycles. The fraction of sp³-hybridized carbons (Fsp3) is 0.632. The van der Waals surface area contributed by atoms with Crippen LogP contribution in [0.5, 0.6) is 5.75 Å². The van der Waals surface area contributed by atoms with E-state index >= 15 is 0 Å². The molecule has 6 nitrogen and oxygen atoms in total. The SMILES string of the molecule is O=C(CN1CCN(CCCOCC(F)(F)F)CC1)NCc1ccccc1OC(F)(F)F. The van der Waals surface area contributed by atoms with Gasteiger partial charge in [0.25, 0.3) is 0 Å². The first-order valence-corrected chi connectivity index (χ1v) is 9.71. The lowest BCUT2D eigenvalue weighted by Gasteiger charge is -2.34. The molecule has 0 aromatic heterocycles. The third-order valence-electron chi connectivity index (χ3n) is 4.54. The average molecular weight is 457 g/mol. The number of rotatable bonds is 10. The first-order valence-electron chi connectivity index (χ1n) is 9.71. The topological polar surface area (TPSA) is 54.0 Å². The molecular weight excluding hydrogens is 432 g/mol. The molecule has 0 spiro atoms. The number of nitrogens with zero attached hydrogens (tertiary/aromatic N) is 2. The molecule has 1 aromatic rings. The van der Waals surface area contributed by atoms with Crippen LogP contribution >= 0.6 is 0 Å². The number of alkyl halides is 6. The molecule has 2 rings (SSSR count). The zero-order chi connectivity index (χ0) is 22.9. The van der Waals surface area contributed by atoms with E-state index in [2.05, 4.69) is 19.7 Å². The second kappa shape index (κ2) is 11.5. The summed E-state index contributed by atoms with van der Waals surface area (Å²) < 4.78 is 81.9. The van der Waals surface area contributed by atoms with Crippen molar-refractivity contribution < 1.29 is 40.6 Å². The molecule has 1 N–H and O–H groups in total. The highest BCUT2D eigenvalue weighted by molar-refractivity contribution is 5.78. The Hall–Kier alpha value is -2.05. The maximum Gasteiger partial charge on any atom is 0.573 e. The lowest BCUT2D eigenvalue weighted by atomic mass is 10.2. The van der Waals surface area contributed by atoms with Crippen molar-refractivity contribution in [1.82, 2.24) is 15.1 Å². The van der Waals surface area contributed by atoms with Gasteiger partial charge in [-0.25, -0.2) is 0 Å². The number of hydrogen-bond donors (Lipinski definition) is 1. The van der Waals surface area contributed by atoms with Gasteiger partial charge in [0.05, 0.1) is 6.54 Å². The Balaban J connectivity index is 1.64.